The Kier molecular flexibility index (Phi) is 3.06. The van der Waals surface area contributed by atoms with E-state index in [0.29, 0.717) is 5.69 Å². The third kappa shape index (κ3) is 2.19. The monoisotopic (exact) mass is 262 g/mol. The molecule has 0 aliphatic rings. The predicted octanol–water partition coefficient (Wildman–Crippen LogP) is 4.59. The van der Waals surface area contributed by atoms with Crippen molar-refractivity contribution in [1.29, 1.82) is 5.26 Å². The highest BCUT2D eigenvalue weighted by Gasteiger charge is 2.07. The Labute approximate surface area is 116 Å². The van der Waals surface area contributed by atoms with E-state index in [0.717, 1.165) is 16.5 Å². The first-order chi connectivity index (χ1) is 9.78. The van der Waals surface area contributed by atoms with Crippen molar-refractivity contribution in [2.75, 3.05) is 5.32 Å². The molecule has 0 spiro atoms. The van der Waals surface area contributed by atoms with Crippen molar-refractivity contribution in [3.05, 3.63) is 72.0 Å². The van der Waals surface area contributed by atoms with Gasteiger partial charge in [-0.25, -0.2) is 4.39 Å². The molecule has 0 bridgehead atoms. The van der Waals surface area contributed by atoms with E-state index in [1.54, 1.807) is 12.1 Å². The van der Waals surface area contributed by atoms with Crippen LogP contribution in [0.2, 0.25) is 0 Å². The van der Waals surface area contributed by atoms with Crippen molar-refractivity contribution in [3.63, 3.8) is 0 Å². The summed E-state index contributed by atoms with van der Waals surface area (Å²) < 4.78 is 13.5. The number of nitriles is 1. The topological polar surface area (TPSA) is 35.8 Å². The van der Waals surface area contributed by atoms with Crippen molar-refractivity contribution in [2.45, 2.75) is 0 Å². The molecule has 2 nitrogen and oxygen atoms in total. The number of nitrogens with one attached hydrogen (secondary N) is 1. The Balaban J connectivity index is 2.02. The number of fused-ring (bicyclic) bond motifs is 1. The van der Waals surface area contributed by atoms with E-state index in [1.807, 2.05) is 48.5 Å². The minimum atomic E-state index is -0.515. The van der Waals surface area contributed by atoms with Crippen LogP contribution in [0.25, 0.3) is 10.8 Å². The largest absolute Gasteiger partial charge is 0.354 e. The highest BCUT2D eigenvalue weighted by Crippen LogP contribution is 2.25. The summed E-state index contributed by atoms with van der Waals surface area (Å²) in [6.07, 6.45) is 0. The van der Waals surface area contributed by atoms with Gasteiger partial charge in [0, 0.05) is 5.69 Å². The summed E-state index contributed by atoms with van der Waals surface area (Å²) >= 11 is 0. The molecule has 0 heterocycles. The van der Waals surface area contributed by atoms with E-state index in [-0.39, 0.29) is 5.56 Å². The SMILES string of the molecule is N#Cc1c(F)cccc1Nc1ccc2ccccc2c1. The highest BCUT2D eigenvalue weighted by molar-refractivity contribution is 5.86. The van der Waals surface area contributed by atoms with Gasteiger partial charge in [-0.3, -0.25) is 0 Å². The summed E-state index contributed by atoms with van der Waals surface area (Å²) in [7, 11) is 0. The van der Waals surface area contributed by atoms with Crippen LogP contribution >= 0.6 is 0 Å². The van der Waals surface area contributed by atoms with Crippen LogP contribution in [-0.2, 0) is 0 Å². The van der Waals surface area contributed by atoms with Crippen molar-refractivity contribution < 1.29 is 4.39 Å². The molecular formula is C17H11FN2. The summed E-state index contributed by atoms with van der Waals surface area (Å²) in [6, 6.07) is 20.3. The first-order valence-electron chi connectivity index (χ1n) is 6.22. The Morgan fingerprint density at radius 1 is 0.900 bits per heavy atom. The lowest BCUT2D eigenvalue weighted by molar-refractivity contribution is 0.624. The Morgan fingerprint density at radius 3 is 2.50 bits per heavy atom. The summed E-state index contributed by atoms with van der Waals surface area (Å²) in [5.41, 5.74) is 1.33. The molecule has 0 fully saturated rings. The van der Waals surface area contributed by atoms with Crippen LogP contribution in [-0.4, -0.2) is 0 Å². The fraction of sp³-hybridized carbons (Fsp3) is 0. The average Bonchev–Trinajstić information content (AvgIpc) is 2.47. The number of hydrogen-bond acceptors (Lipinski definition) is 2. The predicted molar refractivity (Wildman–Crippen MR) is 78.3 cm³/mol. The van der Waals surface area contributed by atoms with Gasteiger partial charge in [-0.15, -0.1) is 0 Å². The lowest BCUT2D eigenvalue weighted by Gasteiger charge is -2.09. The van der Waals surface area contributed by atoms with Crippen LogP contribution in [0.15, 0.2) is 60.7 Å². The summed E-state index contributed by atoms with van der Waals surface area (Å²) in [6.45, 7) is 0. The molecular weight excluding hydrogens is 251 g/mol. The zero-order valence-corrected chi connectivity index (χ0v) is 10.6. The van der Waals surface area contributed by atoms with E-state index in [2.05, 4.69) is 5.32 Å². The fourth-order valence-electron chi connectivity index (χ4n) is 2.16. The molecule has 3 heteroatoms. The van der Waals surface area contributed by atoms with E-state index >= 15 is 0 Å². The molecule has 0 saturated heterocycles. The van der Waals surface area contributed by atoms with Crippen LogP contribution in [0.4, 0.5) is 15.8 Å². The van der Waals surface area contributed by atoms with Gasteiger partial charge in [0.2, 0.25) is 0 Å². The molecule has 3 rings (SSSR count). The Morgan fingerprint density at radius 2 is 1.70 bits per heavy atom. The van der Waals surface area contributed by atoms with E-state index < -0.39 is 5.82 Å². The summed E-state index contributed by atoms with van der Waals surface area (Å²) in [5.74, 6) is -0.515. The van der Waals surface area contributed by atoms with E-state index in [9.17, 15) is 4.39 Å². The normalized spacial score (nSPS) is 10.2. The number of halogens is 1. The standard InChI is InChI=1S/C17H11FN2/c18-16-6-3-7-17(15(16)11-19)20-14-9-8-12-4-1-2-5-13(12)10-14/h1-10,20H. The van der Waals surface area contributed by atoms with Gasteiger partial charge in [-0.2, -0.15) is 5.26 Å². The molecule has 0 radical (unpaired) electrons. The zero-order chi connectivity index (χ0) is 13.9. The highest BCUT2D eigenvalue weighted by atomic mass is 19.1. The van der Waals surface area contributed by atoms with Crippen molar-refractivity contribution in [2.24, 2.45) is 0 Å². The smallest absolute Gasteiger partial charge is 0.143 e. The molecule has 0 saturated carbocycles. The van der Waals surface area contributed by atoms with Crippen LogP contribution in [0, 0.1) is 17.1 Å². The molecule has 3 aromatic carbocycles. The molecule has 1 N–H and O–H groups in total. The second-order valence-corrected chi connectivity index (χ2v) is 4.46. The second kappa shape index (κ2) is 5.02. The van der Waals surface area contributed by atoms with Gasteiger partial charge >= 0.3 is 0 Å². The molecule has 0 atom stereocenters. The summed E-state index contributed by atoms with van der Waals surface area (Å²) in [4.78, 5) is 0. The van der Waals surface area contributed by atoms with Crippen LogP contribution in [0.5, 0.6) is 0 Å². The average molecular weight is 262 g/mol. The first kappa shape index (κ1) is 12.2. The Hall–Kier alpha value is -2.86. The van der Waals surface area contributed by atoms with Crippen molar-refractivity contribution >= 4 is 22.1 Å². The van der Waals surface area contributed by atoms with Gasteiger partial charge in [-0.1, -0.05) is 36.4 Å². The van der Waals surface area contributed by atoms with Gasteiger partial charge < -0.3 is 5.32 Å². The molecule has 0 aliphatic carbocycles. The molecule has 0 unspecified atom stereocenters. The van der Waals surface area contributed by atoms with E-state index in [4.69, 9.17) is 5.26 Å². The number of nitrogens with zero attached hydrogens (tertiary/aromatic N) is 1. The third-order valence-electron chi connectivity index (χ3n) is 3.15. The van der Waals surface area contributed by atoms with Crippen molar-refractivity contribution in [3.8, 4) is 6.07 Å². The zero-order valence-electron chi connectivity index (χ0n) is 10.6. The summed E-state index contributed by atoms with van der Waals surface area (Å²) in [5, 5.41) is 14.3. The lowest BCUT2D eigenvalue weighted by atomic mass is 10.1. The maximum absolute atomic E-state index is 13.5. The molecule has 3 aromatic rings. The van der Waals surface area contributed by atoms with E-state index in [1.165, 1.54) is 6.07 Å². The molecule has 96 valence electrons. The fourth-order valence-corrected chi connectivity index (χ4v) is 2.16. The molecule has 0 aromatic heterocycles. The van der Waals surface area contributed by atoms with Crippen LogP contribution < -0.4 is 5.32 Å². The minimum absolute atomic E-state index is 0.0284. The molecule has 0 amide bonds. The van der Waals surface area contributed by atoms with Gasteiger partial charge in [0.05, 0.1) is 5.69 Å². The second-order valence-electron chi connectivity index (χ2n) is 4.46. The number of benzene rings is 3. The van der Waals surface area contributed by atoms with Gasteiger partial charge in [-0.05, 0) is 35.0 Å². The van der Waals surface area contributed by atoms with Gasteiger partial charge in [0.15, 0.2) is 0 Å². The maximum atomic E-state index is 13.5. The lowest BCUT2D eigenvalue weighted by Crippen LogP contribution is -1.95. The minimum Gasteiger partial charge on any atom is -0.354 e. The van der Waals surface area contributed by atoms with Crippen LogP contribution in [0.1, 0.15) is 5.56 Å². The van der Waals surface area contributed by atoms with Crippen LogP contribution in [0.3, 0.4) is 0 Å². The maximum Gasteiger partial charge on any atom is 0.143 e. The quantitative estimate of drug-likeness (QED) is 0.733. The van der Waals surface area contributed by atoms with Gasteiger partial charge in [0.1, 0.15) is 17.4 Å². The third-order valence-corrected chi connectivity index (χ3v) is 3.15. The molecule has 0 aliphatic heterocycles. The van der Waals surface area contributed by atoms with Crippen molar-refractivity contribution in [1.82, 2.24) is 0 Å². The molecule has 20 heavy (non-hydrogen) atoms. The van der Waals surface area contributed by atoms with Gasteiger partial charge in [0.25, 0.3) is 0 Å². The number of rotatable bonds is 2. The Bertz CT molecular complexity index is 819. The number of anilines is 2. The number of hydrogen-bond donors (Lipinski definition) is 1. The first-order valence-corrected chi connectivity index (χ1v) is 6.22.